The van der Waals surface area contributed by atoms with Gasteiger partial charge >= 0.3 is 6.09 Å². The van der Waals surface area contributed by atoms with Crippen molar-refractivity contribution in [2.75, 3.05) is 13.2 Å². The molecule has 1 aliphatic heterocycles. The number of carboxylic acid groups (broad SMARTS) is 1. The van der Waals surface area contributed by atoms with Gasteiger partial charge in [0.2, 0.25) is 0 Å². The largest absolute Gasteiger partial charge is 0.465 e. The molecule has 0 radical (unpaired) electrons. The summed E-state index contributed by atoms with van der Waals surface area (Å²) >= 11 is 0. The fourth-order valence-electron chi connectivity index (χ4n) is 2.32. The third-order valence-electron chi connectivity index (χ3n) is 4.86. The molecule has 1 amide bonds. The minimum atomic E-state index is -1.81. The van der Waals surface area contributed by atoms with Gasteiger partial charge < -0.3 is 20.2 Å². The summed E-state index contributed by atoms with van der Waals surface area (Å²) in [5.41, 5.74) is 6.04. The molecule has 6 heteroatoms. The summed E-state index contributed by atoms with van der Waals surface area (Å²) < 4.78 is 6.23. The van der Waals surface area contributed by atoms with Crippen molar-refractivity contribution >= 4 is 14.4 Å². The molecule has 0 aromatic rings. The van der Waals surface area contributed by atoms with Crippen LogP contribution in [0.4, 0.5) is 4.79 Å². The van der Waals surface area contributed by atoms with Crippen LogP contribution in [0, 0.1) is 0 Å². The van der Waals surface area contributed by atoms with Gasteiger partial charge in [0.1, 0.15) is 0 Å². The van der Waals surface area contributed by atoms with Crippen molar-refractivity contribution in [3.05, 3.63) is 0 Å². The molecule has 1 rings (SSSR count). The predicted molar refractivity (Wildman–Crippen MR) is 83.5 cm³/mol. The minimum absolute atomic E-state index is 0.0470. The molecule has 0 aromatic carbocycles. The van der Waals surface area contributed by atoms with Crippen LogP contribution in [0.2, 0.25) is 18.1 Å². The molecule has 3 N–H and O–H groups in total. The molecule has 0 bridgehead atoms. The summed E-state index contributed by atoms with van der Waals surface area (Å²) in [5.74, 6) is 0. The van der Waals surface area contributed by atoms with E-state index < -0.39 is 19.9 Å². The zero-order valence-electron chi connectivity index (χ0n) is 13.7. The lowest BCUT2D eigenvalue weighted by Crippen LogP contribution is -2.59. The van der Waals surface area contributed by atoms with E-state index in [0.29, 0.717) is 26.0 Å². The number of nitrogens with zero attached hydrogens (tertiary/aromatic N) is 1. The van der Waals surface area contributed by atoms with E-state index in [1.165, 1.54) is 4.90 Å². The van der Waals surface area contributed by atoms with Crippen molar-refractivity contribution in [2.45, 2.75) is 70.2 Å². The highest BCUT2D eigenvalue weighted by atomic mass is 28.4. The highest BCUT2D eigenvalue weighted by molar-refractivity contribution is 6.74. The second-order valence-electron chi connectivity index (χ2n) is 7.69. The fraction of sp³-hybridized carbons (Fsp3) is 0.929. The molecular formula is C14H30N2O3Si. The van der Waals surface area contributed by atoms with Gasteiger partial charge in [0.15, 0.2) is 8.32 Å². The van der Waals surface area contributed by atoms with Crippen LogP contribution in [0.1, 0.15) is 40.5 Å². The van der Waals surface area contributed by atoms with Gasteiger partial charge in [-0.25, -0.2) is 4.79 Å². The first-order valence-electron chi connectivity index (χ1n) is 7.30. The Morgan fingerprint density at radius 3 is 2.45 bits per heavy atom. The topological polar surface area (TPSA) is 75.8 Å². The maximum atomic E-state index is 11.1. The second kappa shape index (κ2) is 5.65. The molecule has 0 unspecified atom stereocenters. The first-order valence-corrected chi connectivity index (χ1v) is 10.2. The maximum absolute atomic E-state index is 11.1. The van der Waals surface area contributed by atoms with Gasteiger partial charge in [0, 0.05) is 18.1 Å². The lowest BCUT2D eigenvalue weighted by Gasteiger charge is -2.45. The Labute approximate surface area is 123 Å². The summed E-state index contributed by atoms with van der Waals surface area (Å²) in [4.78, 5) is 12.6. The third kappa shape index (κ3) is 3.96. The molecule has 2 atom stereocenters. The van der Waals surface area contributed by atoms with E-state index in [2.05, 4.69) is 33.9 Å². The summed E-state index contributed by atoms with van der Waals surface area (Å²) in [6, 6.07) is -0.0470. The number of hydrogen-bond acceptors (Lipinski definition) is 3. The van der Waals surface area contributed by atoms with Crippen LogP contribution < -0.4 is 5.73 Å². The second-order valence-corrected chi connectivity index (χ2v) is 12.5. The molecule has 0 saturated carbocycles. The van der Waals surface area contributed by atoms with Gasteiger partial charge in [-0.05, 0) is 37.9 Å². The van der Waals surface area contributed by atoms with Crippen molar-refractivity contribution in [1.82, 2.24) is 4.90 Å². The SMILES string of the molecule is C[C@H]1C[C@@](N)(CO[Si](C)(C)C(C)(C)C)CCN1C(=O)O. The smallest absolute Gasteiger partial charge is 0.407 e. The zero-order chi connectivity index (χ0) is 15.8. The number of likely N-dealkylation sites (tertiary alicyclic amines) is 1. The maximum Gasteiger partial charge on any atom is 0.407 e. The van der Waals surface area contributed by atoms with Gasteiger partial charge in [-0.2, -0.15) is 0 Å². The predicted octanol–water partition coefficient (Wildman–Crippen LogP) is 2.87. The normalized spacial score (nSPS) is 28.6. The molecule has 1 aliphatic rings. The van der Waals surface area contributed by atoms with Crippen molar-refractivity contribution in [2.24, 2.45) is 5.73 Å². The Morgan fingerprint density at radius 2 is 2.05 bits per heavy atom. The van der Waals surface area contributed by atoms with E-state index >= 15 is 0 Å². The van der Waals surface area contributed by atoms with E-state index in [1.54, 1.807) is 0 Å². The lowest BCUT2D eigenvalue weighted by atomic mass is 9.85. The summed E-state index contributed by atoms with van der Waals surface area (Å²) in [7, 11) is -1.81. The van der Waals surface area contributed by atoms with E-state index in [4.69, 9.17) is 15.3 Å². The van der Waals surface area contributed by atoms with Crippen molar-refractivity contribution < 1.29 is 14.3 Å². The number of carbonyl (C=O) groups is 1. The Balaban J connectivity index is 2.63. The van der Waals surface area contributed by atoms with Crippen LogP contribution in [0.3, 0.4) is 0 Å². The first kappa shape index (κ1) is 17.5. The number of hydrogen-bond donors (Lipinski definition) is 2. The Hall–Kier alpha value is -0.593. The molecule has 118 valence electrons. The number of piperidine rings is 1. The molecular weight excluding hydrogens is 272 g/mol. The van der Waals surface area contributed by atoms with Crippen LogP contribution in [0.15, 0.2) is 0 Å². The molecule has 0 aromatic heterocycles. The third-order valence-corrected chi connectivity index (χ3v) is 9.34. The number of nitrogens with two attached hydrogens (primary N) is 1. The molecule has 1 fully saturated rings. The monoisotopic (exact) mass is 302 g/mol. The summed E-state index contributed by atoms with van der Waals surface area (Å²) in [5, 5.41) is 9.27. The van der Waals surface area contributed by atoms with E-state index in [1.807, 2.05) is 6.92 Å². The average Bonchev–Trinajstić information content (AvgIpc) is 2.24. The molecule has 5 nitrogen and oxygen atoms in total. The highest BCUT2D eigenvalue weighted by Crippen LogP contribution is 2.37. The van der Waals surface area contributed by atoms with Crippen LogP contribution in [0.5, 0.6) is 0 Å². The van der Waals surface area contributed by atoms with Crippen LogP contribution in [-0.2, 0) is 4.43 Å². The van der Waals surface area contributed by atoms with Crippen molar-refractivity contribution in [1.29, 1.82) is 0 Å². The Kier molecular flexibility index (Phi) is 4.94. The Bertz CT molecular complexity index is 368. The van der Waals surface area contributed by atoms with Gasteiger partial charge in [0.05, 0.1) is 6.61 Å². The van der Waals surface area contributed by atoms with Crippen LogP contribution >= 0.6 is 0 Å². The zero-order valence-corrected chi connectivity index (χ0v) is 14.7. The van der Waals surface area contributed by atoms with Gasteiger partial charge in [0.25, 0.3) is 0 Å². The Morgan fingerprint density at radius 1 is 1.50 bits per heavy atom. The lowest BCUT2D eigenvalue weighted by molar-refractivity contribution is 0.0664. The van der Waals surface area contributed by atoms with Crippen molar-refractivity contribution in [3.63, 3.8) is 0 Å². The highest BCUT2D eigenvalue weighted by Gasteiger charge is 2.42. The van der Waals surface area contributed by atoms with Gasteiger partial charge in [-0.15, -0.1) is 0 Å². The summed E-state index contributed by atoms with van der Waals surface area (Å²) in [6.45, 7) is 14.0. The standard InChI is InChI=1S/C14H30N2O3Si/c1-11-9-14(15,7-8-16(11)12(17)18)10-19-20(5,6)13(2,3)4/h11H,7-10,15H2,1-6H3,(H,17,18)/t11-,14+/m0/s1. The van der Waals surface area contributed by atoms with E-state index in [-0.39, 0.29) is 11.1 Å². The fourth-order valence-corrected chi connectivity index (χ4v) is 3.40. The van der Waals surface area contributed by atoms with Gasteiger partial charge in [-0.3, -0.25) is 0 Å². The van der Waals surface area contributed by atoms with E-state index in [9.17, 15) is 4.79 Å². The van der Waals surface area contributed by atoms with E-state index in [0.717, 1.165) is 0 Å². The molecule has 0 aliphatic carbocycles. The number of rotatable bonds is 3. The first-order chi connectivity index (χ1) is 8.88. The number of amides is 1. The molecule has 0 spiro atoms. The molecule has 1 saturated heterocycles. The van der Waals surface area contributed by atoms with Gasteiger partial charge in [-0.1, -0.05) is 20.8 Å². The minimum Gasteiger partial charge on any atom is -0.465 e. The van der Waals surface area contributed by atoms with Crippen LogP contribution in [0.25, 0.3) is 0 Å². The van der Waals surface area contributed by atoms with Crippen LogP contribution in [-0.4, -0.2) is 49.1 Å². The quantitative estimate of drug-likeness (QED) is 0.786. The molecule has 20 heavy (non-hydrogen) atoms. The average molecular weight is 302 g/mol. The summed E-state index contributed by atoms with van der Waals surface area (Å²) in [6.07, 6.45) is 0.469. The molecule has 1 heterocycles. The van der Waals surface area contributed by atoms with Crippen molar-refractivity contribution in [3.8, 4) is 0 Å².